The third-order valence-corrected chi connectivity index (χ3v) is 7.35. The van der Waals surface area contributed by atoms with Gasteiger partial charge in [-0.2, -0.15) is 0 Å². The maximum Gasteiger partial charge on any atom is 0.313 e. The molecule has 0 saturated carbocycles. The topological polar surface area (TPSA) is 110 Å². The number of aromatic nitrogens is 1. The molecule has 2 unspecified atom stereocenters. The fourth-order valence-corrected chi connectivity index (χ4v) is 5.74. The normalized spacial score (nSPS) is 29.3. The number of aryl methyl sites for hydroxylation is 2. The van der Waals surface area contributed by atoms with Crippen molar-refractivity contribution >= 4 is 35.4 Å². The van der Waals surface area contributed by atoms with Gasteiger partial charge in [0.15, 0.2) is 11.0 Å². The Labute approximate surface area is 148 Å². The number of carbonyl (C=O) groups is 2. The zero-order valence-electron chi connectivity index (χ0n) is 13.7. The number of thioether (sulfide) groups is 2. The van der Waals surface area contributed by atoms with Gasteiger partial charge in [0.05, 0.1) is 5.69 Å². The van der Waals surface area contributed by atoms with Gasteiger partial charge in [-0.15, -0.1) is 11.8 Å². The van der Waals surface area contributed by atoms with Crippen LogP contribution in [-0.4, -0.2) is 56.3 Å². The number of aliphatic carboxylic acids is 1. The number of nitrogens with two attached hydrogens (primary N) is 1. The van der Waals surface area contributed by atoms with Gasteiger partial charge < -0.3 is 20.2 Å². The first-order valence-electron chi connectivity index (χ1n) is 7.94. The molecule has 0 spiro atoms. The van der Waals surface area contributed by atoms with Crippen molar-refractivity contribution in [2.75, 3.05) is 18.1 Å². The van der Waals surface area contributed by atoms with E-state index in [1.54, 1.807) is 4.90 Å². The second kappa shape index (κ2) is 6.61. The first-order chi connectivity index (χ1) is 11.4. The standard InChI is InChI=1S/C15H21N3O4S2/c1-3-8-13(22-9(4-2)17-8)24-7-15(14(20)21)5-18-11(19)10(16)12(18)23-6-15/h10,12H,3-7,16H2,1-2H3,(H,20,21)/t10?,12-,15?/m1/s1. The Kier molecular flexibility index (Phi) is 4.85. The zero-order chi connectivity index (χ0) is 17.5. The minimum absolute atomic E-state index is 0.0850. The van der Waals surface area contributed by atoms with Crippen molar-refractivity contribution in [1.82, 2.24) is 9.88 Å². The van der Waals surface area contributed by atoms with E-state index in [2.05, 4.69) is 4.98 Å². The highest BCUT2D eigenvalue weighted by molar-refractivity contribution is 8.00. The van der Waals surface area contributed by atoms with Crippen molar-refractivity contribution in [3.05, 3.63) is 11.6 Å². The fraction of sp³-hybridized carbons (Fsp3) is 0.667. The van der Waals surface area contributed by atoms with Crippen LogP contribution in [0.1, 0.15) is 25.4 Å². The van der Waals surface area contributed by atoms with E-state index in [9.17, 15) is 14.7 Å². The lowest BCUT2D eigenvalue weighted by Gasteiger charge is -2.52. The summed E-state index contributed by atoms with van der Waals surface area (Å²) in [6.45, 7) is 4.17. The van der Waals surface area contributed by atoms with E-state index >= 15 is 0 Å². The van der Waals surface area contributed by atoms with E-state index in [-0.39, 0.29) is 17.8 Å². The van der Waals surface area contributed by atoms with Gasteiger partial charge in [0.1, 0.15) is 16.8 Å². The fourth-order valence-electron chi connectivity index (χ4n) is 2.88. The van der Waals surface area contributed by atoms with E-state index < -0.39 is 17.4 Å². The molecule has 7 nitrogen and oxygen atoms in total. The SMILES string of the molecule is CCc1nc(CC)c(SCC2(C(=O)O)CS[C@@H]3C(N)C(=O)N3C2)o1. The van der Waals surface area contributed by atoms with Crippen molar-refractivity contribution in [2.24, 2.45) is 11.1 Å². The first-order valence-corrected chi connectivity index (χ1v) is 9.97. The zero-order valence-corrected chi connectivity index (χ0v) is 15.3. The summed E-state index contributed by atoms with van der Waals surface area (Å²) >= 11 is 2.83. The number of carboxylic acids is 1. The van der Waals surface area contributed by atoms with Gasteiger partial charge in [-0.1, -0.05) is 25.6 Å². The van der Waals surface area contributed by atoms with Crippen LogP contribution in [0.5, 0.6) is 0 Å². The molecule has 3 rings (SSSR count). The molecule has 1 aromatic heterocycles. The number of oxazole rings is 1. The van der Waals surface area contributed by atoms with Crippen LogP contribution in [0.25, 0.3) is 0 Å². The van der Waals surface area contributed by atoms with Gasteiger partial charge in [-0.05, 0) is 6.42 Å². The number of fused-ring (bicyclic) bond motifs is 1. The Balaban J connectivity index is 1.75. The quantitative estimate of drug-likeness (QED) is 0.567. The van der Waals surface area contributed by atoms with Crippen molar-refractivity contribution in [3.63, 3.8) is 0 Å². The van der Waals surface area contributed by atoms with Gasteiger partial charge in [0.2, 0.25) is 5.91 Å². The highest BCUT2D eigenvalue weighted by atomic mass is 32.2. The largest absolute Gasteiger partial charge is 0.481 e. The maximum atomic E-state index is 11.9. The molecule has 132 valence electrons. The van der Waals surface area contributed by atoms with E-state index in [0.717, 1.165) is 12.1 Å². The molecule has 2 aliphatic heterocycles. The summed E-state index contributed by atoms with van der Waals surface area (Å²) in [5.41, 5.74) is 5.64. The molecule has 2 aliphatic rings. The average molecular weight is 371 g/mol. The summed E-state index contributed by atoms with van der Waals surface area (Å²) in [7, 11) is 0. The van der Waals surface area contributed by atoms with Crippen LogP contribution >= 0.6 is 23.5 Å². The predicted octanol–water partition coefficient (Wildman–Crippen LogP) is 1.20. The Bertz CT molecular complexity index is 665. The lowest BCUT2D eigenvalue weighted by Crippen LogP contribution is -2.72. The lowest BCUT2D eigenvalue weighted by atomic mass is 9.89. The van der Waals surface area contributed by atoms with Crippen LogP contribution in [-0.2, 0) is 22.4 Å². The second-order valence-electron chi connectivity index (χ2n) is 6.12. The molecule has 9 heteroatoms. The van der Waals surface area contributed by atoms with Crippen LogP contribution in [0.2, 0.25) is 0 Å². The summed E-state index contributed by atoms with van der Waals surface area (Å²) < 4.78 is 5.72. The molecule has 3 N–H and O–H groups in total. The summed E-state index contributed by atoms with van der Waals surface area (Å²) in [6.07, 6.45) is 1.44. The third kappa shape index (κ3) is 2.82. The highest BCUT2D eigenvalue weighted by Crippen LogP contribution is 2.44. The average Bonchev–Trinajstić information content (AvgIpc) is 3.01. The molecule has 1 amide bonds. The summed E-state index contributed by atoms with van der Waals surface area (Å²) in [5, 5.41) is 10.4. The molecule has 0 aromatic carbocycles. The van der Waals surface area contributed by atoms with Crippen LogP contribution in [0.3, 0.4) is 0 Å². The molecule has 0 radical (unpaired) electrons. The molecule has 2 saturated heterocycles. The van der Waals surface area contributed by atoms with Crippen LogP contribution in [0, 0.1) is 5.41 Å². The van der Waals surface area contributed by atoms with Gasteiger partial charge in [-0.3, -0.25) is 9.59 Å². The van der Waals surface area contributed by atoms with Crippen molar-refractivity contribution in [1.29, 1.82) is 0 Å². The Morgan fingerprint density at radius 3 is 2.92 bits per heavy atom. The molecule has 0 bridgehead atoms. The summed E-state index contributed by atoms with van der Waals surface area (Å²) in [6, 6.07) is -0.498. The highest BCUT2D eigenvalue weighted by Gasteiger charge is 2.55. The number of carbonyl (C=O) groups excluding carboxylic acids is 1. The van der Waals surface area contributed by atoms with Crippen molar-refractivity contribution in [2.45, 2.75) is 43.2 Å². The van der Waals surface area contributed by atoms with Gasteiger partial charge >= 0.3 is 5.97 Å². The van der Waals surface area contributed by atoms with Crippen LogP contribution in [0.4, 0.5) is 0 Å². The van der Waals surface area contributed by atoms with E-state index in [1.807, 2.05) is 13.8 Å². The number of nitrogens with zero attached hydrogens (tertiary/aromatic N) is 2. The second-order valence-corrected chi connectivity index (χ2v) is 8.17. The molecule has 0 aliphatic carbocycles. The minimum atomic E-state index is -0.994. The molecular formula is C15H21N3O4S2. The molecule has 3 atom stereocenters. The van der Waals surface area contributed by atoms with Crippen molar-refractivity contribution < 1.29 is 19.1 Å². The Morgan fingerprint density at radius 2 is 2.29 bits per heavy atom. The Morgan fingerprint density at radius 1 is 1.54 bits per heavy atom. The van der Waals surface area contributed by atoms with Crippen LogP contribution in [0.15, 0.2) is 9.51 Å². The van der Waals surface area contributed by atoms with Crippen LogP contribution < -0.4 is 5.73 Å². The summed E-state index contributed by atoms with van der Waals surface area (Å²) in [5.74, 6) is 0.397. The molecule has 3 heterocycles. The molecular weight excluding hydrogens is 350 g/mol. The number of β-lactam (4-membered cyclic amide) rings is 1. The van der Waals surface area contributed by atoms with Gasteiger partial charge in [0, 0.05) is 24.5 Å². The molecule has 24 heavy (non-hydrogen) atoms. The monoisotopic (exact) mass is 371 g/mol. The predicted molar refractivity (Wildman–Crippen MR) is 92.0 cm³/mol. The molecule has 2 fully saturated rings. The molecule has 1 aromatic rings. The van der Waals surface area contributed by atoms with E-state index in [1.165, 1.54) is 23.5 Å². The number of hydrogen-bond donors (Lipinski definition) is 2. The smallest absolute Gasteiger partial charge is 0.313 e. The number of rotatable bonds is 6. The first kappa shape index (κ1) is 17.6. The minimum Gasteiger partial charge on any atom is -0.481 e. The lowest BCUT2D eigenvalue weighted by molar-refractivity contribution is -0.155. The van der Waals surface area contributed by atoms with E-state index in [4.69, 9.17) is 10.2 Å². The third-order valence-electron chi connectivity index (χ3n) is 4.46. The van der Waals surface area contributed by atoms with Crippen molar-refractivity contribution in [3.8, 4) is 0 Å². The maximum absolute atomic E-state index is 11.9. The number of carboxylic acid groups (broad SMARTS) is 1. The van der Waals surface area contributed by atoms with Gasteiger partial charge in [0.25, 0.3) is 0 Å². The number of amides is 1. The number of hydrogen-bond acceptors (Lipinski definition) is 7. The Hall–Kier alpha value is -1.19. The van der Waals surface area contributed by atoms with E-state index in [0.29, 0.717) is 28.9 Å². The van der Waals surface area contributed by atoms with Gasteiger partial charge in [-0.25, -0.2) is 4.98 Å². The summed E-state index contributed by atoms with van der Waals surface area (Å²) in [4.78, 5) is 29.8.